The van der Waals surface area contributed by atoms with E-state index in [0.29, 0.717) is 11.6 Å². The van der Waals surface area contributed by atoms with Crippen molar-refractivity contribution in [3.8, 4) is 0 Å². The van der Waals surface area contributed by atoms with Gasteiger partial charge in [-0.25, -0.2) is 0 Å². The molecule has 4 heteroatoms. The zero-order chi connectivity index (χ0) is 20.6. The van der Waals surface area contributed by atoms with E-state index in [1.54, 1.807) is 7.11 Å². The standard InChI is InChI=1S/C25H29ClN2O/c1-18-4-8-20(9-5-18)14-23(17-29-3)28-24-13-12-22(26)15-25(24)27-16-21-10-6-19(2)7-11-21/h4-13,15,23,27-28H,14,16-17H2,1-3H3. The highest BCUT2D eigenvalue weighted by Crippen LogP contribution is 2.27. The quantitative estimate of drug-likeness (QED) is 0.439. The molecule has 1 atom stereocenters. The number of anilines is 2. The molecule has 3 aromatic rings. The number of rotatable bonds is 9. The fourth-order valence-corrected chi connectivity index (χ4v) is 3.45. The molecule has 152 valence electrons. The first-order valence-corrected chi connectivity index (χ1v) is 10.3. The van der Waals surface area contributed by atoms with Crippen molar-refractivity contribution in [2.75, 3.05) is 24.4 Å². The Labute approximate surface area is 179 Å². The monoisotopic (exact) mass is 408 g/mol. The Morgan fingerprint density at radius 1 is 0.828 bits per heavy atom. The second-order valence-electron chi connectivity index (χ2n) is 7.52. The molecule has 0 aliphatic rings. The van der Waals surface area contributed by atoms with E-state index < -0.39 is 0 Å². The molecule has 29 heavy (non-hydrogen) atoms. The third kappa shape index (κ3) is 6.52. The van der Waals surface area contributed by atoms with Gasteiger partial charge in [-0.3, -0.25) is 0 Å². The Hall–Kier alpha value is -2.49. The van der Waals surface area contributed by atoms with E-state index >= 15 is 0 Å². The Balaban J connectivity index is 1.73. The van der Waals surface area contributed by atoms with Crippen molar-refractivity contribution >= 4 is 23.0 Å². The smallest absolute Gasteiger partial charge is 0.0667 e. The van der Waals surface area contributed by atoms with Crippen LogP contribution in [0.2, 0.25) is 5.02 Å². The fourth-order valence-electron chi connectivity index (χ4n) is 3.27. The van der Waals surface area contributed by atoms with Gasteiger partial charge in [-0.2, -0.15) is 0 Å². The SMILES string of the molecule is COCC(Cc1ccc(C)cc1)Nc1ccc(Cl)cc1NCc1ccc(C)cc1. The molecule has 0 aliphatic heterocycles. The van der Waals surface area contributed by atoms with Crippen molar-refractivity contribution in [2.45, 2.75) is 32.9 Å². The van der Waals surface area contributed by atoms with Crippen LogP contribution in [0.1, 0.15) is 22.3 Å². The summed E-state index contributed by atoms with van der Waals surface area (Å²) in [5, 5.41) is 7.87. The summed E-state index contributed by atoms with van der Waals surface area (Å²) in [5.41, 5.74) is 7.06. The Bertz CT molecular complexity index is 907. The van der Waals surface area contributed by atoms with Crippen LogP contribution in [0.4, 0.5) is 11.4 Å². The molecule has 0 saturated heterocycles. The normalized spacial score (nSPS) is 11.9. The zero-order valence-corrected chi connectivity index (χ0v) is 18.1. The average molecular weight is 409 g/mol. The maximum Gasteiger partial charge on any atom is 0.0667 e. The zero-order valence-electron chi connectivity index (χ0n) is 17.3. The van der Waals surface area contributed by atoms with Gasteiger partial charge in [0.1, 0.15) is 0 Å². The highest BCUT2D eigenvalue weighted by Gasteiger charge is 2.13. The average Bonchev–Trinajstić information content (AvgIpc) is 2.71. The summed E-state index contributed by atoms with van der Waals surface area (Å²) in [6.45, 7) is 5.56. The van der Waals surface area contributed by atoms with Crippen molar-refractivity contribution in [1.29, 1.82) is 0 Å². The largest absolute Gasteiger partial charge is 0.383 e. The molecule has 0 spiro atoms. The van der Waals surface area contributed by atoms with Crippen LogP contribution >= 0.6 is 11.6 Å². The molecule has 3 nitrogen and oxygen atoms in total. The van der Waals surface area contributed by atoms with Crippen molar-refractivity contribution in [2.24, 2.45) is 0 Å². The molecular weight excluding hydrogens is 380 g/mol. The van der Waals surface area contributed by atoms with Crippen molar-refractivity contribution in [1.82, 2.24) is 0 Å². The lowest BCUT2D eigenvalue weighted by Crippen LogP contribution is -2.28. The molecule has 0 radical (unpaired) electrons. The van der Waals surface area contributed by atoms with Gasteiger partial charge in [-0.15, -0.1) is 0 Å². The molecule has 0 aliphatic carbocycles. The second-order valence-corrected chi connectivity index (χ2v) is 7.95. The maximum atomic E-state index is 6.27. The lowest BCUT2D eigenvalue weighted by Gasteiger charge is -2.22. The van der Waals surface area contributed by atoms with Crippen LogP contribution < -0.4 is 10.6 Å². The number of aryl methyl sites for hydroxylation is 2. The molecule has 0 amide bonds. The Morgan fingerprint density at radius 3 is 2.07 bits per heavy atom. The molecular formula is C25H29ClN2O. The van der Waals surface area contributed by atoms with Crippen LogP contribution in [0, 0.1) is 13.8 Å². The number of hydrogen-bond donors (Lipinski definition) is 2. The summed E-state index contributed by atoms with van der Waals surface area (Å²) in [4.78, 5) is 0. The number of benzene rings is 3. The first kappa shape index (κ1) is 21.2. The van der Waals surface area contributed by atoms with Crippen LogP contribution in [-0.2, 0) is 17.7 Å². The van der Waals surface area contributed by atoms with Gasteiger partial charge < -0.3 is 15.4 Å². The minimum atomic E-state index is 0.156. The van der Waals surface area contributed by atoms with Gasteiger partial charge in [0, 0.05) is 18.7 Å². The highest BCUT2D eigenvalue weighted by molar-refractivity contribution is 6.31. The predicted octanol–water partition coefficient (Wildman–Crippen LogP) is 6.24. The lowest BCUT2D eigenvalue weighted by atomic mass is 10.0. The van der Waals surface area contributed by atoms with E-state index in [0.717, 1.165) is 24.3 Å². The molecule has 2 N–H and O–H groups in total. The third-order valence-corrected chi connectivity index (χ3v) is 5.15. The summed E-state index contributed by atoms with van der Waals surface area (Å²) < 4.78 is 5.47. The highest BCUT2D eigenvalue weighted by atomic mass is 35.5. The number of ether oxygens (including phenoxy) is 1. The van der Waals surface area contributed by atoms with Crippen LogP contribution in [0.15, 0.2) is 66.7 Å². The summed E-state index contributed by atoms with van der Waals surface area (Å²) >= 11 is 6.27. The van der Waals surface area contributed by atoms with Gasteiger partial charge in [0.2, 0.25) is 0 Å². The number of hydrogen-bond acceptors (Lipinski definition) is 3. The summed E-state index contributed by atoms with van der Waals surface area (Å²) in [7, 11) is 1.74. The molecule has 0 saturated carbocycles. The van der Waals surface area contributed by atoms with Gasteiger partial charge in [0.25, 0.3) is 0 Å². The van der Waals surface area contributed by atoms with Crippen LogP contribution in [-0.4, -0.2) is 19.8 Å². The lowest BCUT2D eigenvalue weighted by molar-refractivity contribution is 0.185. The number of halogens is 1. The fraction of sp³-hybridized carbons (Fsp3) is 0.280. The summed E-state index contributed by atoms with van der Waals surface area (Å²) in [5.74, 6) is 0. The van der Waals surface area contributed by atoms with Crippen LogP contribution in [0.25, 0.3) is 0 Å². The summed E-state index contributed by atoms with van der Waals surface area (Å²) in [6.07, 6.45) is 0.883. The van der Waals surface area contributed by atoms with Crippen molar-refractivity contribution < 1.29 is 4.74 Å². The Morgan fingerprint density at radius 2 is 1.45 bits per heavy atom. The van der Waals surface area contributed by atoms with Gasteiger partial charge in [0.05, 0.1) is 24.0 Å². The Kier molecular flexibility index (Phi) is 7.56. The number of nitrogens with one attached hydrogen (secondary N) is 2. The van der Waals surface area contributed by atoms with Crippen molar-refractivity contribution in [3.05, 3.63) is 94.0 Å². The number of methoxy groups -OCH3 is 1. The molecule has 0 aromatic heterocycles. The van der Waals surface area contributed by atoms with Gasteiger partial charge in [0.15, 0.2) is 0 Å². The first-order chi connectivity index (χ1) is 14.0. The molecule has 0 bridgehead atoms. The minimum Gasteiger partial charge on any atom is -0.383 e. The third-order valence-electron chi connectivity index (χ3n) is 4.92. The molecule has 3 aromatic carbocycles. The van der Waals surface area contributed by atoms with Gasteiger partial charge in [-0.1, -0.05) is 71.3 Å². The topological polar surface area (TPSA) is 33.3 Å². The van der Waals surface area contributed by atoms with E-state index in [1.165, 1.54) is 22.3 Å². The van der Waals surface area contributed by atoms with E-state index in [1.807, 2.05) is 18.2 Å². The molecule has 0 fully saturated rings. The minimum absolute atomic E-state index is 0.156. The second kappa shape index (κ2) is 10.3. The van der Waals surface area contributed by atoms with E-state index in [9.17, 15) is 0 Å². The van der Waals surface area contributed by atoms with E-state index in [-0.39, 0.29) is 6.04 Å². The maximum absolute atomic E-state index is 6.27. The van der Waals surface area contributed by atoms with E-state index in [4.69, 9.17) is 16.3 Å². The summed E-state index contributed by atoms with van der Waals surface area (Å²) in [6, 6.07) is 23.3. The first-order valence-electron chi connectivity index (χ1n) is 9.93. The van der Waals surface area contributed by atoms with E-state index in [2.05, 4.69) is 73.0 Å². The molecule has 0 heterocycles. The van der Waals surface area contributed by atoms with Crippen LogP contribution in [0.3, 0.4) is 0 Å². The predicted molar refractivity (Wildman–Crippen MR) is 124 cm³/mol. The van der Waals surface area contributed by atoms with Crippen molar-refractivity contribution in [3.63, 3.8) is 0 Å². The molecule has 1 unspecified atom stereocenters. The molecule has 3 rings (SSSR count). The van der Waals surface area contributed by atoms with Gasteiger partial charge >= 0.3 is 0 Å². The van der Waals surface area contributed by atoms with Crippen LogP contribution in [0.5, 0.6) is 0 Å². The van der Waals surface area contributed by atoms with Gasteiger partial charge in [-0.05, 0) is 49.6 Å².